The van der Waals surface area contributed by atoms with Crippen LogP contribution in [0.5, 0.6) is 5.75 Å². The van der Waals surface area contributed by atoms with Crippen LogP contribution in [-0.4, -0.2) is 35.4 Å². The molecule has 0 fully saturated rings. The van der Waals surface area contributed by atoms with Crippen molar-refractivity contribution in [2.24, 2.45) is 12.0 Å². The van der Waals surface area contributed by atoms with Gasteiger partial charge < -0.3 is 15.4 Å². The van der Waals surface area contributed by atoms with E-state index in [-0.39, 0.29) is 5.41 Å². The highest BCUT2D eigenvalue weighted by Gasteiger charge is 2.18. The Balaban J connectivity index is 1.88. The summed E-state index contributed by atoms with van der Waals surface area (Å²) in [7, 11) is 1.92. The largest absolute Gasteiger partial charge is 0.491 e. The number of ether oxygens (including phenoxy) is 1. The maximum absolute atomic E-state index is 6.00. The minimum Gasteiger partial charge on any atom is -0.491 e. The highest BCUT2D eigenvalue weighted by atomic mass is 16.5. The molecule has 1 heterocycles. The van der Waals surface area contributed by atoms with Gasteiger partial charge in [-0.3, -0.25) is 4.68 Å². The van der Waals surface area contributed by atoms with Crippen molar-refractivity contribution in [1.29, 1.82) is 0 Å². The number of hydrogen-bond donors (Lipinski definition) is 2. The summed E-state index contributed by atoms with van der Waals surface area (Å²) in [5, 5.41) is 10.7. The first kappa shape index (κ1) is 19.8. The van der Waals surface area contributed by atoms with Gasteiger partial charge in [0.2, 0.25) is 0 Å². The molecule has 26 heavy (non-hydrogen) atoms. The van der Waals surface area contributed by atoms with Gasteiger partial charge in [-0.2, -0.15) is 5.10 Å². The van der Waals surface area contributed by atoms with Gasteiger partial charge in [0.15, 0.2) is 5.96 Å². The normalized spacial score (nSPS) is 12.1. The zero-order valence-corrected chi connectivity index (χ0v) is 16.5. The van der Waals surface area contributed by atoms with E-state index >= 15 is 0 Å². The maximum Gasteiger partial charge on any atom is 0.191 e. The first-order chi connectivity index (χ1) is 12.4. The molecule has 142 valence electrons. The number of rotatable bonds is 7. The summed E-state index contributed by atoms with van der Waals surface area (Å²) in [5.74, 6) is 1.72. The molecule has 6 heteroatoms. The molecule has 0 aliphatic rings. The molecule has 0 aliphatic carbocycles. The summed E-state index contributed by atoms with van der Waals surface area (Å²) in [4.78, 5) is 4.60. The lowest BCUT2D eigenvalue weighted by Crippen LogP contribution is -2.39. The van der Waals surface area contributed by atoms with Crippen LogP contribution in [0.4, 0.5) is 0 Å². The third-order valence-corrected chi connectivity index (χ3v) is 4.01. The second-order valence-electron chi connectivity index (χ2n) is 7.16. The summed E-state index contributed by atoms with van der Waals surface area (Å²) in [6.45, 7) is 11.3. The second-order valence-corrected chi connectivity index (χ2v) is 7.16. The van der Waals surface area contributed by atoms with E-state index in [0.29, 0.717) is 19.7 Å². The van der Waals surface area contributed by atoms with Crippen molar-refractivity contribution in [3.8, 4) is 5.75 Å². The summed E-state index contributed by atoms with van der Waals surface area (Å²) >= 11 is 0. The van der Waals surface area contributed by atoms with Gasteiger partial charge in [0.1, 0.15) is 12.4 Å². The third kappa shape index (κ3) is 5.79. The van der Waals surface area contributed by atoms with Crippen LogP contribution in [0, 0.1) is 0 Å². The van der Waals surface area contributed by atoms with E-state index in [9.17, 15) is 0 Å². The highest BCUT2D eigenvalue weighted by molar-refractivity contribution is 5.79. The molecule has 0 bridgehead atoms. The quantitative estimate of drug-likeness (QED) is 0.454. The van der Waals surface area contributed by atoms with E-state index in [1.807, 2.05) is 29.9 Å². The second kappa shape index (κ2) is 9.27. The van der Waals surface area contributed by atoms with Gasteiger partial charge >= 0.3 is 0 Å². The van der Waals surface area contributed by atoms with E-state index in [1.165, 1.54) is 5.56 Å². The highest BCUT2D eigenvalue weighted by Crippen LogP contribution is 2.30. The summed E-state index contributed by atoms with van der Waals surface area (Å²) < 4.78 is 7.84. The molecular weight excluding hydrogens is 326 g/mol. The minimum atomic E-state index is 0.0590. The van der Waals surface area contributed by atoms with Crippen molar-refractivity contribution < 1.29 is 4.74 Å². The average Bonchev–Trinajstić information content (AvgIpc) is 3.01. The minimum absolute atomic E-state index is 0.0590. The number of aliphatic imine (C=N–C) groups is 1. The Bertz CT molecular complexity index is 715. The molecular formula is C20H31N5O. The molecule has 2 N–H and O–H groups in total. The lowest BCUT2D eigenvalue weighted by molar-refractivity contribution is 0.313. The first-order valence-corrected chi connectivity index (χ1v) is 9.13. The molecule has 0 saturated carbocycles. The molecule has 1 aromatic carbocycles. The molecule has 1 aromatic heterocycles. The van der Waals surface area contributed by atoms with Crippen molar-refractivity contribution >= 4 is 5.96 Å². The van der Waals surface area contributed by atoms with Crippen molar-refractivity contribution in [3.63, 3.8) is 0 Å². The molecule has 0 spiro atoms. The number of hydrogen-bond acceptors (Lipinski definition) is 3. The van der Waals surface area contributed by atoms with Crippen LogP contribution in [0.1, 0.15) is 39.0 Å². The van der Waals surface area contributed by atoms with E-state index in [0.717, 1.165) is 23.9 Å². The van der Waals surface area contributed by atoms with Crippen molar-refractivity contribution in [1.82, 2.24) is 20.4 Å². The zero-order chi connectivity index (χ0) is 19.0. The molecule has 0 atom stereocenters. The molecule has 2 aromatic rings. The lowest BCUT2D eigenvalue weighted by atomic mass is 9.86. The van der Waals surface area contributed by atoms with Gasteiger partial charge in [-0.25, -0.2) is 4.99 Å². The summed E-state index contributed by atoms with van der Waals surface area (Å²) in [5.41, 5.74) is 2.35. The van der Waals surface area contributed by atoms with Gasteiger partial charge in [0.25, 0.3) is 0 Å². The van der Waals surface area contributed by atoms with Crippen molar-refractivity contribution in [3.05, 3.63) is 47.8 Å². The standard InChI is InChI=1S/C20H31N5O/c1-6-21-19(23-15-16-11-12-24-25(16)5)22-13-14-26-18-10-8-7-9-17(18)20(2,3)4/h7-12H,6,13-15H2,1-5H3,(H2,21,22,23). The molecule has 6 nitrogen and oxygen atoms in total. The average molecular weight is 358 g/mol. The van der Waals surface area contributed by atoms with Crippen LogP contribution in [0.25, 0.3) is 0 Å². The summed E-state index contributed by atoms with van der Waals surface area (Å²) in [6, 6.07) is 10.2. The number of nitrogens with one attached hydrogen (secondary N) is 2. The van der Waals surface area contributed by atoms with Gasteiger partial charge in [0, 0.05) is 19.8 Å². The van der Waals surface area contributed by atoms with Crippen LogP contribution in [0.2, 0.25) is 0 Å². The smallest absolute Gasteiger partial charge is 0.191 e. The molecule has 0 aliphatic heterocycles. The van der Waals surface area contributed by atoms with Gasteiger partial charge in [-0.1, -0.05) is 39.0 Å². The number of guanidine groups is 1. The SMILES string of the molecule is CCNC(=NCc1ccnn1C)NCCOc1ccccc1C(C)(C)C. The van der Waals surface area contributed by atoms with Crippen molar-refractivity contribution in [2.45, 2.75) is 39.7 Å². The number of aromatic nitrogens is 2. The molecule has 0 amide bonds. The Labute approximate surface area is 156 Å². The van der Waals surface area contributed by atoms with E-state index in [4.69, 9.17) is 4.74 Å². The fraction of sp³-hybridized carbons (Fsp3) is 0.500. The Morgan fingerprint density at radius 3 is 2.62 bits per heavy atom. The zero-order valence-electron chi connectivity index (χ0n) is 16.5. The monoisotopic (exact) mass is 357 g/mol. The topological polar surface area (TPSA) is 63.5 Å². The Hall–Kier alpha value is -2.50. The van der Waals surface area contributed by atoms with E-state index in [2.05, 4.69) is 60.6 Å². The number of nitrogens with zero attached hydrogens (tertiary/aromatic N) is 3. The van der Waals surface area contributed by atoms with Crippen LogP contribution in [0.3, 0.4) is 0 Å². The molecule has 2 rings (SSSR count). The van der Waals surface area contributed by atoms with Crippen LogP contribution in [-0.2, 0) is 19.0 Å². The Morgan fingerprint density at radius 1 is 1.19 bits per heavy atom. The maximum atomic E-state index is 6.00. The Kier molecular flexibility index (Phi) is 7.06. The Morgan fingerprint density at radius 2 is 1.96 bits per heavy atom. The predicted octanol–water partition coefficient (Wildman–Crippen LogP) is 2.85. The fourth-order valence-corrected chi connectivity index (χ4v) is 2.60. The molecule has 0 unspecified atom stereocenters. The fourth-order valence-electron chi connectivity index (χ4n) is 2.60. The lowest BCUT2D eigenvalue weighted by Gasteiger charge is -2.22. The van der Waals surface area contributed by atoms with Crippen molar-refractivity contribution in [2.75, 3.05) is 19.7 Å². The first-order valence-electron chi connectivity index (χ1n) is 9.13. The van der Waals surface area contributed by atoms with Crippen LogP contribution >= 0.6 is 0 Å². The molecule has 0 radical (unpaired) electrons. The molecule has 0 saturated heterocycles. The van der Waals surface area contributed by atoms with Gasteiger partial charge in [0.05, 0.1) is 18.8 Å². The van der Waals surface area contributed by atoms with E-state index in [1.54, 1.807) is 6.20 Å². The number of benzene rings is 1. The van der Waals surface area contributed by atoms with Crippen LogP contribution < -0.4 is 15.4 Å². The van der Waals surface area contributed by atoms with Crippen LogP contribution in [0.15, 0.2) is 41.5 Å². The predicted molar refractivity (Wildman–Crippen MR) is 107 cm³/mol. The van der Waals surface area contributed by atoms with Gasteiger partial charge in [-0.15, -0.1) is 0 Å². The third-order valence-electron chi connectivity index (χ3n) is 4.01. The van der Waals surface area contributed by atoms with Gasteiger partial charge in [-0.05, 0) is 30.0 Å². The summed E-state index contributed by atoms with van der Waals surface area (Å²) in [6.07, 6.45) is 1.78. The number of para-hydroxylation sites is 1. The van der Waals surface area contributed by atoms with E-state index < -0.39 is 0 Å². The number of aryl methyl sites for hydroxylation is 1.